The normalized spacial score (nSPS) is 18.9. The number of carboxylic acids is 1. The first-order valence-electron chi connectivity index (χ1n) is 7.46. The molecule has 3 rings (SSSR count). The third-order valence-electron chi connectivity index (χ3n) is 4.31. The summed E-state index contributed by atoms with van der Waals surface area (Å²) >= 11 is 6.04. The van der Waals surface area contributed by atoms with Crippen LogP contribution in [0.25, 0.3) is 0 Å². The van der Waals surface area contributed by atoms with Gasteiger partial charge < -0.3 is 14.6 Å². The van der Waals surface area contributed by atoms with Crippen LogP contribution in [-0.2, 0) is 4.79 Å². The van der Waals surface area contributed by atoms with Crippen molar-refractivity contribution < 1.29 is 14.7 Å². The number of carboxylic acid groups (broad SMARTS) is 1. The van der Waals surface area contributed by atoms with Gasteiger partial charge >= 0.3 is 5.97 Å². The Balaban J connectivity index is 1.87. The standard InChI is InChI=1S/C15H19ClN2O3/c16-10-7-13(17(8-10)12-5-6-12)15(21)18(9-14(19)20)11-3-1-2-4-11/h7-8,11-12H,1-6,9H2,(H,19,20). The zero-order valence-electron chi connectivity index (χ0n) is 11.8. The van der Waals surface area contributed by atoms with E-state index < -0.39 is 5.97 Å². The second kappa shape index (κ2) is 5.72. The van der Waals surface area contributed by atoms with E-state index in [1.807, 2.05) is 4.57 Å². The summed E-state index contributed by atoms with van der Waals surface area (Å²) < 4.78 is 1.91. The van der Waals surface area contributed by atoms with Crippen LogP contribution in [0.1, 0.15) is 55.1 Å². The number of aliphatic carboxylic acids is 1. The van der Waals surface area contributed by atoms with Crippen LogP contribution in [0.2, 0.25) is 5.02 Å². The van der Waals surface area contributed by atoms with Crippen molar-refractivity contribution in [3.8, 4) is 0 Å². The van der Waals surface area contributed by atoms with Gasteiger partial charge in [-0.25, -0.2) is 0 Å². The van der Waals surface area contributed by atoms with E-state index in [1.165, 1.54) is 4.90 Å². The first kappa shape index (κ1) is 14.4. The van der Waals surface area contributed by atoms with Crippen LogP contribution in [-0.4, -0.2) is 39.0 Å². The van der Waals surface area contributed by atoms with Crippen molar-refractivity contribution in [3.05, 3.63) is 23.0 Å². The molecular weight excluding hydrogens is 292 g/mol. The Morgan fingerprint density at radius 1 is 1.29 bits per heavy atom. The predicted octanol–water partition coefficient (Wildman–Crippen LogP) is 2.95. The van der Waals surface area contributed by atoms with Gasteiger partial charge in [-0.3, -0.25) is 9.59 Å². The molecule has 2 aliphatic rings. The van der Waals surface area contributed by atoms with Crippen molar-refractivity contribution in [3.63, 3.8) is 0 Å². The van der Waals surface area contributed by atoms with Gasteiger partial charge in [0.05, 0.1) is 5.02 Å². The van der Waals surface area contributed by atoms with Crippen LogP contribution in [0.3, 0.4) is 0 Å². The smallest absolute Gasteiger partial charge is 0.323 e. The first-order valence-corrected chi connectivity index (χ1v) is 7.84. The lowest BCUT2D eigenvalue weighted by Crippen LogP contribution is -2.43. The summed E-state index contributed by atoms with van der Waals surface area (Å²) in [5, 5.41) is 9.64. The third kappa shape index (κ3) is 3.07. The fourth-order valence-corrected chi connectivity index (χ4v) is 3.36. The lowest BCUT2D eigenvalue weighted by molar-refractivity contribution is -0.138. The largest absolute Gasteiger partial charge is 0.480 e. The zero-order chi connectivity index (χ0) is 15.0. The Kier molecular flexibility index (Phi) is 3.93. The van der Waals surface area contributed by atoms with Gasteiger partial charge in [-0.15, -0.1) is 0 Å². The van der Waals surface area contributed by atoms with Crippen LogP contribution in [0.15, 0.2) is 12.3 Å². The minimum Gasteiger partial charge on any atom is -0.480 e. The molecule has 0 aliphatic heterocycles. The Morgan fingerprint density at radius 3 is 2.52 bits per heavy atom. The lowest BCUT2D eigenvalue weighted by Gasteiger charge is -2.27. The molecule has 0 atom stereocenters. The molecule has 2 fully saturated rings. The Bertz CT molecular complexity index is 559. The molecule has 2 aliphatic carbocycles. The highest BCUT2D eigenvalue weighted by atomic mass is 35.5. The van der Waals surface area contributed by atoms with E-state index >= 15 is 0 Å². The quantitative estimate of drug-likeness (QED) is 0.909. The van der Waals surface area contributed by atoms with Crippen molar-refractivity contribution >= 4 is 23.5 Å². The highest BCUT2D eigenvalue weighted by Crippen LogP contribution is 2.38. The van der Waals surface area contributed by atoms with Gasteiger partial charge in [0.15, 0.2) is 0 Å². The van der Waals surface area contributed by atoms with Crippen molar-refractivity contribution in [1.82, 2.24) is 9.47 Å². The molecule has 1 aromatic heterocycles. The summed E-state index contributed by atoms with van der Waals surface area (Å²) in [7, 11) is 0. The Hall–Kier alpha value is -1.49. The molecule has 0 bridgehead atoms. The average molecular weight is 311 g/mol. The summed E-state index contributed by atoms with van der Waals surface area (Å²) in [4.78, 5) is 25.4. The molecule has 6 heteroatoms. The second-order valence-electron chi connectivity index (χ2n) is 5.95. The molecule has 2 saturated carbocycles. The monoisotopic (exact) mass is 310 g/mol. The molecule has 0 unspecified atom stereocenters. The molecule has 0 aromatic carbocycles. The second-order valence-corrected chi connectivity index (χ2v) is 6.38. The maximum atomic E-state index is 12.8. The first-order chi connectivity index (χ1) is 10.1. The minimum atomic E-state index is -0.967. The van der Waals surface area contributed by atoms with Crippen molar-refractivity contribution in [1.29, 1.82) is 0 Å². The number of aromatic nitrogens is 1. The molecule has 0 spiro atoms. The van der Waals surface area contributed by atoms with Crippen LogP contribution >= 0.6 is 11.6 Å². The molecule has 1 aromatic rings. The summed E-state index contributed by atoms with van der Waals surface area (Å²) in [6.45, 7) is -0.239. The van der Waals surface area contributed by atoms with Crippen LogP contribution in [0, 0.1) is 0 Å². The van der Waals surface area contributed by atoms with E-state index in [-0.39, 0.29) is 18.5 Å². The summed E-state index contributed by atoms with van der Waals surface area (Å²) in [5.74, 6) is -1.17. The topological polar surface area (TPSA) is 62.5 Å². The van der Waals surface area contributed by atoms with Crippen molar-refractivity contribution in [2.24, 2.45) is 0 Å². The average Bonchev–Trinajstić information content (AvgIpc) is 2.98. The maximum absolute atomic E-state index is 12.8. The number of rotatable bonds is 5. The van der Waals surface area contributed by atoms with E-state index in [2.05, 4.69) is 0 Å². The van der Waals surface area contributed by atoms with E-state index in [0.29, 0.717) is 16.8 Å². The Morgan fingerprint density at radius 2 is 1.95 bits per heavy atom. The van der Waals surface area contributed by atoms with E-state index in [9.17, 15) is 9.59 Å². The van der Waals surface area contributed by atoms with Crippen molar-refractivity contribution in [2.45, 2.75) is 50.6 Å². The van der Waals surface area contributed by atoms with Crippen LogP contribution in [0.4, 0.5) is 0 Å². The van der Waals surface area contributed by atoms with E-state index in [4.69, 9.17) is 16.7 Å². The summed E-state index contributed by atoms with van der Waals surface area (Å²) in [5.41, 5.74) is 0.524. The van der Waals surface area contributed by atoms with Gasteiger partial charge in [0.1, 0.15) is 12.2 Å². The highest BCUT2D eigenvalue weighted by Gasteiger charge is 2.33. The maximum Gasteiger partial charge on any atom is 0.323 e. The van der Waals surface area contributed by atoms with Crippen LogP contribution < -0.4 is 0 Å². The number of carbonyl (C=O) groups is 2. The SMILES string of the molecule is O=C(O)CN(C(=O)c1cc(Cl)cn1C1CC1)C1CCCC1. The molecule has 1 N–H and O–H groups in total. The molecule has 1 heterocycles. The number of halogens is 1. The molecule has 114 valence electrons. The molecule has 0 saturated heterocycles. The van der Waals surface area contributed by atoms with Gasteiger partial charge in [0.2, 0.25) is 0 Å². The predicted molar refractivity (Wildman–Crippen MR) is 78.6 cm³/mol. The van der Waals surface area contributed by atoms with Gasteiger partial charge in [0.25, 0.3) is 5.91 Å². The fraction of sp³-hybridized carbons (Fsp3) is 0.600. The number of nitrogens with zero attached hydrogens (tertiary/aromatic N) is 2. The Labute approximate surface area is 128 Å². The number of hydrogen-bond donors (Lipinski definition) is 1. The molecular formula is C15H19ClN2O3. The fourth-order valence-electron chi connectivity index (χ4n) is 3.15. The molecule has 0 radical (unpaired) electrons. The number of carbonyl (C=O) groups excluding carboxylic acids is 1. The van der Waals surface area contributed by atoms with Gasteiger partial charge in [-0.05, 0) is 31.7 Å². The highest BCUT2D eigenvalue weighted by molar-refractivity contribution is 6.31. The van der Waals surface area contributed by atoms with E-state index in [1.54, 1.807) is 12.3 Å². The van der Waals surface area contributed by atoms with Crippen LogP contribution in [0.5, 0.6) is 0 Å². The number of amides is 1. The summed E-state index contributed by atoms with van der Waals surface area (Å²) in [6.07, 6.45) is 7.76. The zero-order valence-corrected chi connectivity index (χ0v) is 12.6. The molecule has 1 amide bonds. The minimum absolute atomic E-state index is 0.0370. The molecule has 21 heavy (non-hydrogen) atoms. The van der Waals surface area contributed by atoms with Gasteiger partial charge in [-0.1, -0.05) is 24.4 Å². The third-order valence-corrected chi connectivity index (χ3v) is 4.51. The van der Waals surface area contributed by atoms with E-state index in [0.717, 1.165) is 38.5 Å². The van der Waals surface area contributed by atoms with Gasteiger partial charge in [0, 0.05) is 18.3 Å². The molecule has 5 nitrogen and oxygen atoms in total. The number of hydrogen-bond acceptors (Lipinski definition) is 2. The summed E-state index contributed by atoms with van der Waals surface area (Å²) in [6, 6.07) is 2.04. The van der Waals surface area contributed by atoms with Gasteiger partial charge in [-0.2, -0.15) is 0 Å². The lowest BCUT2D eigenvalue weighted by atomic mass is 10.2. The van der Waals surface area contributed by atoms with Crippen molar-refractivity contribution in [2.75, 3.05) is 6.54 Å².